The van der Waals surface area contributed by atoms with Crippen LogP contribution >= 0.6 is 0 Å². The third-order valence-electron chi connectivity index (χ3n) is 2.22. The predicted molar refractivity (Wildman–Crippen MR) is 56.5 cm³/mol. The largest absolute Gasteiger partial charge is 0.478 e. The number of hydrogen-bond donors (Lipinski definition) is 1. The predicted octanol–water partition coefficient (Wildman–Crippen LogP) is 2.73. The van der Waals surface area contributed by atoms with Crippen molar-refractivity contribution in [1.82, 2.24) is 4.98 Å². The highest BCUT2D eigenvalue weighted by Gasteiger charge is 2.13. The normalized spacial score (nSPS) is 10.2. The number of carboxylic acids is 1. The lowest BCUT2D eigenvalue weighted by Crippen LogP contribution is -2.00. The number of rotatable bonds is 2. The number of carboxylic acid groups (broad SMARTS) is 1. The van der Waals surface area contributed by atoms with Gasteiger partial charge in [-0.15, -0.1) is 0 Å². The molecular formula is C12H7F2NO2. The van der Waals surface area contributed by atoms with Crippen LogP contribution in [0.4, 0.5) is 8.78 Å². The fraction of sp³-hybridized carbons (Fsp3) is 0. The molecular weight excluding hydrogens is 228 g/mol. The molecule has 1 N–H and O–H groups in total. The highest BCUT2D eigenvalue weighted by Crippen LogP contribution is 2.23. The first-order valence-electron chi connectivity index (χ1n) is 4.73. The summed E-state index contributed by atoms with van der Waals surface area (Å²) in [5.74, 6) is -2.76. The molecule has 0 saturated heterocycles. The number of nitrogens with zero attached hydrogens (tertiary/aromatic N) is 1. The molecule has 17 heavy (non-hydrogen) atoms. The van der Waals surface area contributed by atoms with Gasteiger partial charge in [0.15, 0.2) is 0 Å². The van der Waals surface area contributed by atoms with Crippen LogP contribution in [-0.2, 0) is 0 Å². The molecule has 0 saturated carbocycles. The number of aromatic nitrogens is 1. The van der Waals surface area contributed by atoms with E-state index in [1.807, 2.05) is 0 Å². The Morgan fingerprint density at radius 2 is 1.88 bits per heavy atom. The van der Waals surface area contributed by atoms with Crippen molar-refractivity contribution in [2.45, 2.75) is 0 Å². The average Bonchev–Trinajstić information content (AvgIpc) is 2.30. The number of pyridine rings is 1. The highest BCUT2D eigenvalue weighted by molar-refractivity contribution is 5.87. The van der Waals surface area contributed by atoms with Gasteiger partial charge >= 0.3 is 5.97 Å². The molecule has 1 aromatic heterocycles. The summed E-state index contributed by atoms with van der Waals surface area (Å²) in [4.78, 5) is 14.2. The second-order valence-electron chi connectivity index (χ2n) is 3.34. The Morgan fingerprint density at radius 3 is 2.47 bits per heavy atom. The molecule has 0 bridgehead atoms. The summed E-state index contributed by atoms with van der Waals surface area (Å²) in [6.07, 6.45) is 0.993. The molecule has 0 aliphatic rings. The summed E-state index contributed by atoms with van der Waals surface area (Å²) in [6.45, 7) is 0. The number of aromatic carboxylic acids is 1. The summed E-state index contributed by atoms with van der Waals surface area (Å²) in [6, 6.07) is 6.40. The molecule has 86 valence electrons. The minimum Gasteiger partial charge on any atom is -0.478 e. The first-order chi connectivity index (χ1) is 8.09. The molecule has 1 heterocycles. The Morgan fingerprint density at radius 1 is 1.18 bits per heavy atom. The van der Waals surface area contributed by atoms with E-state index in [2.05, 4.69) is 4.98 Å². The van der Waals surface area contributed by atoms with Gasteiger partial charge in [0, 0.05) is 11.8 Å². The summed E-state index contributed by atoms with van der Waals surface area (Å²) >= 11 is 0. The van der Waals surface area contributed by atoms with E-state index >= 15 is 0 Å². The van der Waals surface area contributed by atoms with Crippen LogP contribution in [0.5, 0.6) is 0 Å². The fourth-order valence-corrected chi connectivity index (χ4v) is 1.41. The molecule has 0 aliphatic heterocycles. The Balaban J connectivity index is 2.55. The van der Waals surface area contributed by atoms with Gasteiger partial charge in [-0.25, -0.2) is 13.6 Å². The van der Waals surface area contributed by atoms with Crippen molar-refractivity contribution in [2.75, 3.05) is 0 Å². The average molecular weight is 235 g/mol. The topological polar surface area (TPSA) is 50.2 Å². The van der Waals surface area contributed by atoms with E-state index in [1.54, 1.807) is 6.07 Å². The molecule has 0 fully saturated rings. The molecule has 0 radical (unpaired) electrons. The van der Waals surface area contributed by atoms with Crippen LogP contribution in [0, 0.1) is 11.6 Å². The van der Waals surface area contributed by atoms with Gasteiger partial charge in [0.25, 0.3) is 0 Å². The minimum absolute atomic E-state index is 0.00180. The zero-order valence-corrected chi connectivity index (χ0v) is 8.52. The van der Waals surface area contributed by atoms with Crippen LogP contribution in [-0.4, -0.2) is 16.1 Å². The van der Waals surface area contributed by atoms with Crippen molar-refractivity contribution in [3.8, 4) is 11.3 Å². The van der Waals surface area contributed by atoms with Gasteiger partial charge in [0.1, 0.15) is 17.3 Å². The first-order valence-corrected chi connectivity index (χ1v) is 4.73. The van der Waals surface area contributed by atoms with E-state index in [4.69, 9.17) is 5.11 Å². The van der Waals surface area contributed by atoms with Crippen molar-refractivity contribution >= 4 is 5.97 Å². The van der Waals surface area contributed by atoms with Gasteiger partial charge in [-0.05, 0) is 18.2 Å². The number of carbonyl (C=O) groups is 1. The Kier molecular flexibility index (Phi) is 2.82. The van der Waals surface area contributed by atoms with E-state index in [0.717, 1.165) is 12.3 Å². The molecule has 5 heteroatoms. The molecule has 0 spiro atoms. The smallest absolute Gasteiger partial charge is 0.337 e. The third kappa shape index (κ3) is 2.13. The van der Waals surface area contributed by atoms with E-state index in [-0.39, 0.29) is 16.8 Å². The molecule has 0 unspecified atom stereocenters. The van der Waals surface area contributed by atoms with Crippen LogP contribution in [0.15, 0.2) is 36.5 Å². The van der Waals surface area contributed by atoms with Crippen LogP contribution in [0.3, 0.4) is 0 Å². The minimum atomic E-state index is -1.28. The maximum Gasteiger partial charge on any atom is 0.337 e. The zero-order chi connectivity index (χ0) is 12.4. The molecule has 0 aliphatic carbocycles. The summed E-state index contributed by atoms with van der Waals surface area (Å²) in [5, 5.41) is 8.64. The maximum absolute atomic E-state index is 13.6. The lowest BCUT2D eigenvalue weighted by atomic mass is 10.1. The van der Waals surface area contributed by atoms with E-state index in [1.165, 1.54) is 18.2 Å². The Hall–Kier alpha value is -2.30. The lowest BCUT2D eigenvalue weighted by molar-refractivity contribution is 0.0696. The van der Waals surface area contributed by atoms with Crippen molar-refractivity contribution in [2.24, 2.45) is 0 Å². The van der Waals surface area contributed by atoms with Crippen molar-refractivity contribution < 1.29 is 18.7 Å². The van der Waals surface area contributed by atoms with E-state index < -0.39 is 17.6 Å². The molecule has 0 atom stereocenters. The molecule has 3 nitrogen and oxygen atoms in total. The van der Waals surface area contributed by atoms with E-state index in [9.17, 15) is 13.6 Å². The summed E-state index contributed by atoms with van der Waals surface area (Å²) in [7, 11) is 0. The van der Waals surface area contributed by atoms with Crippen LogP contribution in [0.2, 0.25) is 0 Å². The fourth-order valence-electron chi connectivity index (χ4n) is 1.41. The quantitative estimate of drug-likeness (QED) is 0.870. The van der Waals surface area contributed by atoms with Crippen molar-refractivity contribution in [3.63, 3.8) is 0 Å². The van der Waals surface area contributed by atoms with Gasteiger partial charge in [0.05, 0.1) is 5.56 Å². The van der Waals surface area contributed by atoms with Crippen LogP contribution < -0.4 is 0 Å². The summed E-state index contributed by atoms with van der Waals surface area (Å²) in [5.41, 5.74) is -0.474. The Bertz CT molecular complexity index is 584. The third-order valence-corrected chi connectivity index (χ3v) is 2.22. The lowest BCUT2D eigenvalue weighted by Gasteiger charge is -2.04. The Labute approximate surface area is 95.4 Å². The van der Waals surface area contributed by atoms with Crippen molar-refractivity contribution in [3.05, 3.63) is 53.7 Å². The summed E-state index contributed by atoms with van der Waals surface area (Å²) < 4.78 is 27.0. The van der Waals surface area contributed by atoms with Crippen LogP contribution in [0.25, 0.3) is 11.3 Å². The highest BCUT2D eigenvalue weighted by atomic mass is 19.1. The second-order valence-corrected chi connectivity index (χ2v) is 3.34. The zero-order valence-electron chi connectivity index (χ0n) is 8.52. The number of hydrogen-bond acceptors (Lipinski definition) is 2. The number of halogens is 2. The van der Waals surface area contributed by atoms with Crippen LogP contribution in [0.1, 0.15) is 10.4 Å². The monoisotopic (exact) mass is 235 g/mol. The van der Waals surface area contributed by atoms with Gasteiger partial charge in [-0.1, -0.05) is 12.1 Å². The molecule has 2 rings (SSSR count). The first kappa shape index (κ1) is 11.2. The van der Waals surface area contributed by atoms with Crippen molar-refractivity contribution in [1.29, 1.82) is 0 Å². The molecule has 2 aromatic rings. The van der Waals surface area contributed by atoms with E-state index in [0.29, 0.717) is 0 Å². The van der Waals surface area contributed by atoms with Gasteiger partial charge in [-0.3, -0.25) is 4.98 Å². The number of benzene rings is 1. The molecule has 1 aromatic carbocycles. The molecule has 0 amide bonds. The van der Waals surface area contributed by atoms with Gasteiger partial charge < -0.3 is 5.11 Å². The van der Waals surface area contributed by atoms with Gasteiger partial charge in [-0.2, -0.15) is 0 Å². The van der Waals surface area contributed by atoms with Gasteiger partial charge in [0.2, 0.25) is 0 Å². The maximum atomic E-state index is 13.6. The standard InChI is InChI=1S/C12H7F2NO2/c13-9-4-2-1-3-8(9)11-10(14)5-7(6-15-11)12(16)17/h1-6H,(H,16,17). The second kappa shape index (κ2) is 4.29. The SMILES string of the molecule is O=C(O)c1cnc(-c2ccccc2F)c(F)c1.